The van der Waals surface area contributed by atoms with Crippen molar-refractivity contribution in [3.8, 4) is 5.75 Å². The molecule has 0 atom stereocenters. The zero-order chi connectivity index (χ0) is 16.1. The maximum Gasteiger partial charge on any atom is 0.323 e. The molecule has 2 amide bonds. The second kappa shape index (κ2) is 6.93. The first-order chi connectivity index (χ1) is 10.5. The third-order valence-corrected chi connectivity index (χ3v) is 3.02. The summed E-state index contributed by atoms with van der Waals surface area (Å²) in [6.45, 7) is 5.99. The number of H-pyrrole nitrogens is 1. The lowest BCUT2D eigenvalue weighted by atomic mass is 10.3. The predicted octanol–water partition coefficient (Wildman–Crippen LogP) is 3.60. The summed E-state index contributed by atoms with van der Waals surface area (Å²) in [6.07, 6.45) is 0.787. The number of hydrogen-bond donors (Lipinski definition) is 3. The van der Waals surface area contributed by atoms with Crippen molar-refractivity contribution in [3.63, 3.8) is 0 Å². The van der Waals surface area contributed by atoms with Crippen LogP contribution in [-0.4, -0.2) is 22.8 Å². The Morgan fingerprint density at radius 3 is 2.77 bits per heavy atom. The molecular formula is C15H19FN4O2. The van der Waals surface area contributed by atoms with Crippen molar-refractivity contribution in [1.29, 1.82) is 0 Å². The fraction of sp³-hybridized carbons (Fsp3) is 0.333. The smallest absolute Gasteiger partial charge is 0.323 e. The van der Waals surface area contributed by atoms with Gasteiger partial charge in [0, 0.05) is 6.07 Å². The van der Waals surface area contributed by atoms with Crippen molar-refractivity contribution in [3.05, 3.63) is 35.4 Å². The van der Waals surface area contributed by atoms with Gasteiger partial charge in [0.15, 0.2) is 0 Å². The fourth-order valence-electron chi connectivity index (χ4n) is 1.93. The summed E-state index contributed by atoms with van der Waals surface area (Å²) in [5.74, 6) is -0.115. The van der Waals surface area contributed by atoms with Crippen LogP contribution in [0.5, 0.6) is 5.75 Å². The first-order valence-electron chi connectivity index (χ1n) is 7.03. The lowest BCUT2D eigenvalue weighted by molar-refractivity contribution is 0.261. The van der Waals surface area contributed by atoms with Crippen LogP contribution in [0.25, 0.3) is 0 Å². The molecule has 22 heavy (non-hydrogen) atoms. The molecule has 0 saturated heterocycles. The zero-order valence-electron chi connectivity index (χ0n) is 12.8. The maximum atomic E-state index is 13.3. The number of carbonyl (C=O) groups is 1. The Balaban J connectivity index is 2.11. The predicted molar refractivity (Wildman–Crippen MR) is 82.9 cm³/mol. The number of nitrogens with zero attached hydrogens (tertiary/aromatic N) is 1. The second-order valence-electron chi connectivity index (χ2n) is 4.88. The monoisotopic (exact) mass is 306 g/mol. The molecule has 0 aliphatic rings. The summed E-state index contributed by atoms with van der Waals surface area (Å²) < 4.78 is 18.8. The number of nitrogens with one attached hydrogen (secondary N) is 3. The number of benzene rings is 1. The summed E-state index contributed by atoms with van der Waals surface area (Å²) in [7, 11) is 0. The number of halogens is 1. The Morgan fingerprint density at radius 2 is 2.14 bits per heavy atom. The molecule has 0 bridgehead atoms. The number of urea groups is 1. The van der Waals surface area contributed by atoms with Gasteiger partial charge in [-0.1, -0.05) is 6.92 Å². The first kappa shape index (κ1) is 15.8. The molecule has 0 radical (unpaired) electrons. The minimum absolute atomic E-state index is 0.303. The Hall–Kier alpha value is -2.57. The van der Waals surface area contributed by atoms with E-state index in [0.717, 1.165) is 12.1 Å². The van der Waals surface area contributed by atoms with Gasteiger partial charge < -0.3 is 15.4 Å². The van der Waals surface area contributed by atoms with Gasteiger partial charge in [0.05, 0.1) is 29.4 Å². The molecule has 7 heteroatoms. The van der Waals surface area contributed by atoms with E-state index in [1.54, 1.807) is 6.92 Å². The summed E-state index contributed by atoms with van der Waals surface area (Å²) >= 11 is 0. The van der Waals surface area contributed by atoms with E-state index >= 15 is 0 Å². The van der Waals surface area contributed by atoms with Crippen molar-refractivity contribution >= 4 is 17.4 Å². The van der Waals surface area contributed by atoms with E-state index in [1.807, 2.05) is 13.8 Å². The van der Waals surface area contributed by atoms with Crippen LogP contribution < -0.4 is 15.4 Å². The standard InChI is InChI=1S/C15H19FN4O2/c1-4-7-22-13-8-11(16)5-6-12(13)17-15(21)18-14-9(2)19-20-10(14)3/h5-6,8H,4,7H2,1-3H3,(H,19,20)(H2,17,18,21). The maximum absolute atomic E-state index is 13.3. The number of aryl methyl sites for hydroxylation is 2. The minimum atomic E-state index is -0.444. The van der Waals surface area contributed by atoms with Crippen LogP contribution in [-0.2, 0) is 0 Å². The van der Waals surface area contributed by atoms with Crippen LogP contribution in [0.1, 0.15) is 24.7 Å². The molecule has 6 nitrogen and oxygen atoms in total. The highest BCUT2D eigenvalue weighted by atomic mass is 19.1. The molecule has 1 aromatic carbocycles. The van der Waals surface area contributed by atoms with Crippen LogP contribution >= 0.6 is 0 Å². The molecular weight excluding hydrogens is 287 g/mol. The van der Waals surface area contributed by atoms with Gasteiger partial charge in [-0.15, -0.1) is 0 Å². The molecule has 3 N–H and O–H groups in total. The summed E-state index contributed by atoms with van der Waals surface area (Å²) in [6, 6.07) is 3.54. The second-order valence-corrected chi connectivity index (χ2v) is 4.88. The highest BCUT2D eigenvalue weighted by Gasteiger charge is 2.13. The van der Waals surface area contributed by atoms with E-state index in [9.17, 15) is 9.18 Å². The lowest BCUT2D eigenvalue weighted by Crippen LogP contribution is -2.20. The van der Waals surface area contributed by atoms with Gasteiger partial charge in [0.25, 0.3) is 0 Å². The van der Waals surface area contributed by atoms with Gasteiger partial charge in [0.1, 0.15) is 11.6 Å². The normalized spacial score (nSPS) is 10.4. The van der Waals surface area contributed by atoms with E-state index in [1.165, 1.54) is 18.2 Å². The van der Waals surface area contributed by atoms with Gasteiger partial charge in [0.2, 0.25) is 0 Å². The van der Waals surface area contributed by atoms with Crippen LogP contribution in [0.15, 0.2) is 18.2 Å². The van der Waals surface area contributed by atoms with Crippen molar-refractivity contribution in [2.45, 2.75) is 27.2 Å². The molecule has 1 aromatic heterocycles. The van der Waals surface area contributed by atoms with Crippen LogP contribution in [0, 0.1) is 19.7 Å². The number of amides is 2. The van der Waals surface area contributed by atoms with E-state index in [-0.39, 0.29) is 0 Å². The van der Waals surface area contributed by atoms with E-state index in [4.69, 9.17) is 4.74 Å². The van der Waals surface area contributed by atoms with Gasteiger partial charge in [-0.25, -0.2) is 9.18 Å². The minimum Gasteiger partial charge on any atom is -0.491 e. The van der Waals surface area contributed by atoms with Crippen molar-refractivity contribution < 1.29 is 13.9 Å². The quantitative estimate of drug-likeness (QED) is 0.789. The molecule has 0 spiro atoms. The van der Waals surface area contributed by atoms with Crippen molar-refractivity contribution in [2.75, 3.05) is 17.2 Å². The van der Waals surface area contributed by atoms with Crippen LogP contribution in [0.2, 0.25) is 0 Å². The number of aromatic amines is 1. The first-order valence-corrected chi connectivity index (χ1v) is 7.03. The Morgan fingerprint density at radius 1 is 1.36 bits per heavy atom. The Labute approximate surface area is 128 Å². The third-order valence-electron chi connectivity index (χ3n) is 3.02. The van der Waals surface area contributed by atoms with Gasteiger partial charge in [-0.3, -0.25) is 5.10 Å². The van der Waals surface area contributed by atoms with Gasteiger partial charge in [-0.2, -0.15) is 5.10 Å². The number of carbonyl (C=O) groups excluding carboxylic acids is 1. The van der Waals surface area contributed by atoms with E-state index in [2.05, 4.69) is 20.8 Å². The molecule has 2 aromatic rings. The number of aromatic nitrogens is 2. The SMILES string of the molecule is CCCOc1cc(F)ccc1NC(=O)Nc1c(C)n[nH]c1C. The molecule has 2 rings (SSSR count). The average molecular weight is 306 g/mol. The third kappa shape index (κ3) is 3.75. The molecule has 0 unspecified atom stereocenters. The summed E-state index contributed by atoms with van der Waals surface area (Å²) in [5, 5.41) is 12.2. The number of ether oxygens (including phenoxy) is 1. The number of hydrogen-bond acceptors (Lipinski definition) is 3. The fourth-order valence-corrected chi connectivity index (χ4v) is 1.93. The lowest BCUT2D eigenvalue weighted by Gasteiger charge is -2.13. The Kier molecular flexibility index (Phi) is 4.98. The topological polar surface area (TPSA) is 79.0 Å². The van der Waals surface area contributed by atoms with Crippen LogP contribution in [0.3, 0.4) is 0 Å². The number of rotatable bonds is 5. The summed E-state index contributed by atoms with van der Waals surface area (Å²) in [4.78, 5) is 12.1. The molecule has 118 valence electrons. The largest absolute Gasteiger partial charge is 0.491 e. The zero-order valence-corrected chi connectivity index (χ0v) is 12.8. The highest BCUT2D eigenvalue weighted by Crippen LogP contribution is 2.26. The van der Waals surface area contributed by atoms with Crippen molar-refractivity contribution in [2.24, 2.45) is 0 Å². The average Bonchev–Trinajstić information content (AvgIpc) is 2.79. The van der Waals surface area contributed by atoms with E-state index in [0.29, 0.717) is 29.4 Å². The van der Waals surface area contributed by atoms with Gasteiger partial charge in [-0.05, 0) is 32.4 Å². The molecule has 0 fully saturated rings. The van der Waals surface area contributed by atoms with Crippen LogP contribution in [0.4, 0.5) is 20.6 Å². The number of anilines is 2. The molecule has 0 aliphatic carbocycles. The molecule has 0 aliphatic heterocycles. The van der Waals surface area contributed by atoms with Gasteiger partial charge >= 0.3 is 6.03 Å². The van der Waals surface area contributed by atoms with Crippen molar-refractivity contribution in [1.82, 2.24) is 10.2 Å². The highest BCUT2D eigenvalue weighted by molar-refractivity contribution is 6.01. The van der Waals surface area contributed by atoms with E-state index < -0.39 is 11.8 Å². The molecule has 1 heterocycles. The molecule has 0 saturated carbocycles. The summed E-state index contributed by atoms with van der Waals surface area (Å²) in [5.41, 5.74) is 2.48. The Bertz CT molecular complexity index is 650.